The van der Waals surface area contributed by atoms with Gasteiger partial charge in [-0.25, -0.2) is 0 Å². The summed E-state index contributed by atoms with van der Waals surface area (Å²) >= 11 is 0. The van der Waals surface area contributed by atoms with Crippen molar-refractivity contribution < 1.29 is 13.9 Å². The molecule has 4 heteroatoms. The molecule has 1 heterocycles. The first-order chi connectivity index (χ1) is 20.0. The molecule has 0 aliphatic carbocycles. The molecule has 0 radical (unpaired) electrons. The molecule has 1 atom stereocenters. The SMILES string of the molecule is CC(C)(C)[Si](OCCCCCCCCCCCC#CCCCOC1CCCCO1)(c1ccccc1)c1ccccc1. The topological polar surface area (TPSA) is 27.7 Å². The van der Waals surface area contributed by atoms with Gasteiger partial charge in [0.15, 0.2) is 6.29 Å². The predicted octanol–water partition coefficient (Wildman–Crippen LogP) is 8.79. The third kappa shape index (κ3) is 11.7. The zero-order valence-corrected chi connectivity index (χ0v) is 27.3. The Bertz CT molecular complexity index is 944. The normalized spacial score (nSPS) is 15.8. The van der Waals surface area contributed by atoms with Gasteiger partial charge in [0.2, 0.25) is 0 Å². The predicted molar refractivity (Wildman–Crippen MR) is 176 cm³/mol. The lowest BCUT2D eigenvalue weighted by molar-refractivity contribution is -0.162. The van der Waals surface area contributed by atoms with Crippen LogP contribution in [0.25, 0.3) is 0 Å². The number of hydrogen-bond acceptors (Lipinski definition) is 3. The molecule has 0 N–H and O–H groups in total. The smallest absolute Gasteiger partial charge is 0.261 e. The van der Waals surface area contributed by atoms with Gasteiger partial charge in [-0.3, -0.25) is 0 Å². The number of benzene rings is 2. The maximum atomic E-state index is 7.03. The summed E-state index contributed by atoms with van der Waals surface area (Å²) in [4.78, 5) is 0. The molecule has 3 nitrogen and oxygen atoms in total. The van der Waals surface area contributed by atoms with Crippen molar-refractivity contribution in [1.29, 1.82) is 0 Å². The first kappa shape index (κ1) is 33.6. The molecule has 3 rings (SSSR count). The van der Waals surface area contributed by atoms with E-state index in [1.807, 2.05) is 0 Å². The van der Waals surface area contributed by atoms with Crippen molar-refractivity contribution >= 4 is 18.7 Å². The van der Waals surface area contributed by atoms with Crippen LogP contribution >= 0.6 is 0 Å². The van der Waals surface area contributed by atoms with Gasteiger partial charge in [0.1, 0.15) is 0 Å². The summed E-state index contributed by atoms with van der Waals surface area (Å²) in [7, 11) is -2.38. The van der Waals surface area contributed by atoms with Gasteiger partial charge in [0.05, 0.1) is 6.61 Å². The minimum Gasteiger partial charge on any atom is -0.407 e. The van der Waals surface area contributed by atoms with Crippen molar-refractivity contribution in [2.24, 2.45) is 0 Å². The zero-order chi connectivity index (χ0) is 29.1. The Balaban J connectivity index is 1.22. The first-order valence-electron chi connectivity index (χ1n) is 16.5. The van der Waals surface area contributed by atoms with E-state index in [0.717, 1.165) is 51.9 Å². The summed E-state index contributed by atoms with van der Waals surface area (Å²) in [6, 6.07) is 22.0. The van der Waals surface area contributed by atoms with Crippen molar-refractivity contribution in [2.75, 3.05) is 19.8 Å². The highest BCUT2D eigenvalue weighted by Gasteiger charge is 2.49. The van der Waals surface area contributed by atoms with E-state index in [9.17, 15) is 0 Å². The Morgan fingerprint density at radius 2 is 1.22 bits per heavy atom. The fraction of sp³-hybridized carbons (Fsp3) is 0.622. The minimum absolute atomic E-state index is 0.0332. The number of unbranched alkanes of at least 4 members (excludes halogenated alkanes) is 10. The van der Waals surface area contributed by atoms with E-state index in [0.29, 0.717) is 0 Å². The molecule has 1 unspecified atom stereocenters. The monoisotopic (exact) mass is 576 g/mol. The van der Waals surface area contributed by atoms with Crippen LogP contribution in [0, 0.1) is 11.8 Å². The molecule has 226 valence electrons. The molecule has 2 aromatic carbocycles. The molecule has 0 spiro atoms. The maximum absolute atomic E-state index is 7.03. The Kier molecular flexibility index (Phi) is 15.8. The molecular formula is C37H56O3Si. The van der Waals surface area contributed by atoms with E-state index < -0.39 is 8.32 Å². The van der Waals surface area contributed by atoms with Crippen LogP contribution in [-0.2, 0) is 13.9 Å². The third-order valence-corrected chi connectivity index (χ3v) is 13.2. The molecule has 41 heavy (non-hydrogen) atoms. The molecular weight excluding hydrogens is 520 g/mol. The Labute approximate surface area is 252 Å². The van der Waals surface area contributed by atoms with Gasteiger partial charge in [-0.15, -0.1) is 11.8 Å². The lowest BCUT2D eigenvalue weighted by Gasteiger charge is -2.43. The van der Waals surface area contributed by atoms with E-state index >= 15 is 0 Å². The molecule has 1 saturated heterocycles. The van der Waals surface area contributed by atoms with Crippen LogP contribution in [0.3, 0.4) is 0 Å². The van der Waals surface area contributed by atoms with Crippen LogP contribution in [0.4, 0.5) is 0 Å². The summed E-state index contributed by atoms with van der Waals surface area (Å²) in [5.41, 5.74) is 0. The van der Waals surface area contributed by atoms with Crippen molar-refractivity contribution in [1.82, 2.24) is 0 Å². The summed E-state index contributed by atoms with van der Waals surface area (Å²) in [5, 5.41) is 2.81. The van der Waals surface area contributed by atoms with Gasteiger partial charge in [-0.05, 0) is 53.9 Å². The molecule has 1 fully saturated rings. The highest BCUT2D eigenvalue weighted by atomic mass is 28.4. The summed E-state index contributed by atoms with van der Waals surface area (Å²) < 4.78 is 18.4. The summed E-state index contributed by atoms with van der Waals surface area (Å²) in [5.74, 6) is 6.67. The first-order valence-corrected chi connectivity index (χ1v) is 18.4. The van der Waals surface area contributed by atoms with Crippen LogP contribution in [0.2, 0.25) is 5.04 Å². The standard InChI is InChI=1S/C37H56O3Si/c1-37(2,3)41(34-26-18-16-19-27-34,35-28-20-17-21-29-35)40-33-24-15-13-11-9-7-5-4-6-8-10-12-14-23-31-38-36-30-22-25-32-39-36/h16-21,26-29,36H,4-9,11,13-15,22-25,30-33H2,1-3H3. The van der Waals surface area contributed by atoms with Crippen LogP contribution in [-0.4, -0.2) is 34.4 Å². The van der Waals surface area contributed by atoms with Gasteiger partial charge >= 0.3 is 0 Å². The van der Waals surface area contributed by atoms with Gasteiger partial charge in [0, 0.05) is 26.1 Å². The van der Waals surface area contributed by atoms with E-state index in [-0.39, 0.29) is 11.3 Å². The zero-order valence-electron chi connectivity index (χ0n) is 26.3. The van der Waals surface area contributed by atoms with Crippen molar-refractivity contribution in [3.63, 3.8) is 0 Å². The molecule has 0 saturated carbocycles. The number of ether oxygens (including phenoxy) is 2. The lowest BCUT2D eigenvalue weighted by Crippen LogP contribution is -2.66. The average Bonchev–Trinajstić information content (AvgIpc) is 2.99. The molecule has 1 aliphatic heterocycles. The Morgan fingerprint density at radius 1 is 0.683 bits per heavy atom. The average molecular weight is 577 g/mol. The minimum atomic E-state index is -2.38. The van der Waals surface area contributed by atoms with Crippen molar-refractivity contribution in [2.45, 2.75) is 128 Å². The van der Waals surface area contributed by atoms with Gasteiger partial charge in [-0.1, -0.05) is 126 Å². The second-order valence-corrected chi connectivity index (χ2v) is 16.9. The second kappa shape index (κ2) is 19.3. The van der Waals surface area contributed by atoms with Crippen LogP contribution < -0.4 is 10.4 Å². The van der Waals surface area contributed by atoms with E-state index in [2.05, 4.69) is 93.3 Å². The van der Waals surface area contributed by atoms with Crippen LogP contribution in [0.5, 0.6) is 0 Å². The molecule has 0 aromatic heterocycles. The number of rotatable bonds is 18. The third-order valence-electron chi connectivity index (χ3n) is 8.19. The van der Waals surface area contributed by atoms with E-state index in [1.165, 1.54) is 74.6 Å². The van der Waals surface area contributed by atoms with Gasteiger partial charge in [0.25, 0.3) is 8.32 Å². The highest BCUT2D eigenvalue weighted by molar-refractivity contribution is 6.99. The molecule has 0 amide bonds. The maximum Gasteiger partial charge on any atom is 0.261 e. The van der Waals surface area contributed by atoms with Gasteiger partial charge in [-0.2, -0.15) is 0 Å². The Morgan fingerprint density at radius 3 is 1.76 bits per heavy atom. The fourth-order valence-corrected chi connectivity index (χ4v) is 10.5. The number of hydrogen-bond donors (Lipinski definition) is 0. The van der Waals surface area contributed by atoms with Gasteiger partial charge < -0.3 is 13.9 Å². The van der Waals surface area contributed by atoms with Crippen molar-refractivity contribution in [3.05, 3.63) is 60.7 Å². The van der Waals surface area contributed by atoms with E-state index in [1.54, 1.807) is 0 Å². The molecule has 1 aliphatic rings. The van der Waals surface area contributed by atoms with Crippen molar-refractivity contribution in [3.8, 4) is 11.8 Å². The van der Waals surface area contributed by atoms with Crippen LogP contribution in [0.1, 0.15) is 117 Å². The second-order valence-electron chi connectivity index (χ2n) is 12.6. The Hall–Kier alpha value is -1.90. The lowest BCUT2D eigenvalue weighted by atomic mass is 10.1. The summed E-state index contributed by atoms with van der Waals surface area (Å²) in [6.07, 6.45) is 18.1. The fourth-order valence-electron chi connectivity index (χ4n) is 5.93. The van der Waals surface area contributed by atoms with Crippen LogP contribution in [0.15, 0.2) is 60.7 Å². The molecule has 0 bridgehead atoms. The molecule has 2 aromatic rings. The van der Waals surface area contributed by atoms with E-state index in [4.69, 9.17) is 13.9 Å². The highest BCUT2D eigenvalue weighted by Crippen LogP contribution is 2.36. The summed E-state index contributed by atoms with van der Waals surface area (Å²) in [6.45, 7) is 9.54. The largest absolute Gasteiger partial charge is 0.407 e. The quantitative estimate of drug-likeness (QED) is 0.101.